The molecule has 2 aromatic carbocycles. The zero-order valence-corrected chi connectivity index (χ0v) is 27.0. The lowest BCUT2D eigenvalue weighted by Gasteiger charge is -2.50. The average molecular weight is 701 g/mol. The van der Waals surface area contributed by atoms with E-state index in [1.807, 2.05) is 24.3 Å². The molecule has 0 aromatic heterocycles. The number of carbonyl (C=O) groups excluding carboxylic acids is 4. The van der Waals surface area contributed by atoms with Crippen LogP contribution in [0.25, 0.3) is 0 Å². The van der Waals surface area contributed by atoms with Gasteiger partial charge in [-0.25, -0.2) is 0 Å². The van der Waals surface area contributed by atoms with Crippen molar-refractivity contribution in [1.82, 2.24) is 14.7 Å². The van der Waals surface area contributed by atoms with Gasteiger partial charge in [-0.3, -0.25) is 33.9 Å². The summed E-state index contributed by atoms with van der Waals surface area (Å²) in [5, 5.41) is 11.0. The molecule has 6 atom stereocenters. The minimum Gasteiger partial charge on any atom is -0.508 e. The number of para-hydroxylation sites is 1. The number of alkyl halides is 3. The molecule has 8 nitrogen and oxygen atoms in total. The molecule has 0 unspecified atom stereocenters. The first kappa shape index (κ1) is 30.0. The SMILES string of the molecule is O=C1[C@H]2[C@H](CC=C3[C@H]2C[C@@]2(Cl)C(=O)N(CBr)C(=O)[C@@]2(Cl)[C@H]3c2ccccc2O)C(=O)N1C1CCN(Cc2ccccc2)CC1. The van der Waals surface area contributed by atoms with Crippen molar-refractivity contribution in [3.05, 3.63) is 77.4 Å². The Bertz CT molecular complexity index is 1580. The minimum absolute atomic E-state index is 0.0639. The molecule has 2 aliphatic carbocycles. The summed E-state index contributed by atoms with van der Waals surface area (Å²) in [6, 6.07) is 16.6. The highest BCUT2D eigenvalue weighted by Gasteiger charge is 2.76. The maximum Gasteiger partial charge on any atom is 0.254 e. The third-order valence-electron chi connectivity index (χ3n) is 10.5. The number of nitrogens with zero attached hydrogens (tertiary/aromatic N) is 3. The fraction of sp³-hybridized carbons (Fsp3) is 0.455. The van der Waals surface area contributed by atoms with Gasteiger partial charge in [0.05, 0.1) is 17.3 Å². The van der Waals surface area contributed by atoms with Crippen LogP contribution in [-0.4, -0.2) is 77.8 Å². The normalized spacial score (nSPS) is 34.2. The van der Waals surface area contributed by atoms with Crippen molar-refractivity contribution in [3.63, 3.8) is 0 Å². The van der Waals surface area contributed by atoms with E-state index in [0.717, 1.165) is 24.5 Å². The number of aromatic hydroxyl groups is 1. The van der Waals surface area contributed by atoms with E-state index in [1.54, 1.807) is 18.2 Å². The summed E-state index contributed by atoms with van der Waals surface area (Å²) < 4.78 is 0. The lowest BCUT2D eigenvalue weighted by Crippen LogP contribution is -2.60. The van der Waals surface area contributed by atoms with Crippen LogP contribution in [0.5, 0.6) is 5.75 Å². The van der Waals surface area contributed by atoms with Gasteiger partial charge in [-0.2, -0.15) is 0 Å². The van der Waals surface area contributed by atoms with Crippen LogP contribution in [0, 0.1) is 17.8 Å². The van der Waals surface area contributed by atoms with Gasteiger partial charge in [0.15, 0.2) is 9.75 Å². The molecule has 0 radical (unpaired) electrons. The summed E-state index contributed by atoms with van der Waals surface area (Å²) in [5.41, 5.74) is 2.17. The number of halogens is 3. The van der Waals surface area contributed by atoms with Gasteiger partial charge in [-0.1, -0.05) is 76.1 Å². The van der Waals surface area contributed by atoms with E-state index in [4.69, 9.17) is 23.2 Å². The number of phenolic OH excluding ortho intramolecular Hbond substituents is 1. The van der Waals surface area contributed by atoms with Crippen LogP contribution in [0.4, 0.5) is 0 Å². The van der Waals surface area contributed by atoms with Crippen molar-refractivity contribution < 1.29 is 24.3 Å². The number of carbonyl (C=O) groups is 4. The van der Waals surface area contributed by atoms with E-state index in [2.05, 4.69) is 33.0 Å². The first-order valence-corrected chi connectivity index (χ1v) is 16.9. The van der Waals surface area contributed by atoms with Crippen LogP contribution < -0.4 is 0 Å². The summed E-state index contributed by atoms with van der Waals surface area (Å²) in [4.78, 5) is 56.8. The molecule has 5 aliphatic rings. The minimum atomic E-state index is -1.93. The summed E-state index contributed by atoms with van der Waals surface area (Å²) in [6.45, 7) is 2.36. The Morgan fingerprint density at radius 3 is 2.25 bits per heavy atom. The molecule has 3 saturated heterocycles. The number of allylic oxidation sites excluding steroid dienone is 2. The second-order valence-electron chi connectivity index (χ2n) is 12.6. The van der Waals surface area contributed by atoms with Crippen molar-refractivity contribution in [3.8, 4) is 5.75 Å². The van der Waals surface area contributed by atoms with E-state index in [1.165, 1.54) is 16.5 Å². The topological polar surface area (TPSA) is 98.2 Å². The quantitative estimate of drug-likeness (QED) is 0.209. The van der Waals surface area contributed by atoms with Gasteiger partial charge in [0.25, 0.3) is 11.8 Å². The van der Waals surface area contributed by atoms with Crippen LogP contribution in [-0.2, 0) is 25.7 Å². The number of benzene rings is 2. The van der Waals surface area contributed by atoms with E-state index in [0.29, 0.717) is 30.4 Å². The van der Waals surface area contributed by atoms with Gasteiger partial charge in [0.2, 0.25) is 11.8 Å². The highest BCUT2D eigenvalue weighted by Crippen LogP contribution is 2.66. The van der Waals surface area contributed by atoms with Crippen molar-refractivity contribution in [2.24, 2.45) is 17.8 Å². The molecule has 4 fully saturated rings. The van der Waals surface area contributed by atoms with Gasteiger partial charge in [-0.05, 0) is 43.2 Å². The maximum absolute atomic E-state index is 14.3. The highest BCUT2D eigenvalue weighted by molar-refractivity contribution is 9.09. The van der Waals surface area contributed by atoms with Gasteiger partial charge in [0, 0.05) is 37.2 Å². The van der Waals surface area contributed by atoms with Crippen molar-refractivity contribution in [1.29, 1.82) is 0 Å². The number of hydrogen-bond acceptors (Lipinski definition) is 6. The molecule has 0 bridgehead atoms. The summed E-state index contributed by atoms with van der Waals surface area (Å²) in [7, 11) is 0. The molecule has 3 aliphatic heterocycles. The predicted octanol–water partition coefficient (Wildman–Crippen LogP) is 4.77. The fourth-order valence-electron chi connectivity index (χ4n) is 8.39. The lowest BCUT2D eigenvalue weighted by atomic mass is 9.56. The van der Waals surface area contributed by atoms with Crippen LogP contribution >= 0.6 is 39.1 Å². The number of amides is 4. The van der Waals surface area contributed by atoms with Gasteiger partial charge in [-0.15, -0.1) is 23.2 Å². The van der Waals surface area contributed by atoms with Crippen molar-refractivity contribution >= 4 is 62.8 Å². The Balaban J connectivity index is 1.21. The lowest BCUT2D eigenvalue weighted by molar-refractivity contribution is -0.144. The largest absolute Gasteiger partial charge is 0.508 e. The molecule has 3 heterocycles. The first-order valence-electron chi connectivity index (χ1n) is 15.0. The number of phenols is 1. The second-order valence-corrected chi connectivity index (χ2v) is 14.3. The Kier molecular flexibility index (Phi) is 7.47. The van der Waals surface area contributed by atoms with Crippen LogP contribution in [0.15, 0.2) is 66.2 Å². The van der Waals surface area contributed by atoms with Crippen molar-refractivity contribution in [2.75, 3.05) is 18.5 Å². The number of hydrogen-bond donors (Lipinski definition) is 1. The summed E-state index contributed by atoms with van der Waals surface area (Å²) in [6.07, 6.45) is 3.52. The first-order chi connectivity index (χ1) is 21.1. The van der Waals surface area contributed by atoms with E-state index in [-0.39, 0.29) is 35.5 Å². The van der Waals surface area contributed by atoms with Gasteiger partial charge in [0.1, 0.15) is 5.75 Å². The Hall–Kier alpha value is -2.72. The smallest absolute Gasteiger partial charge is 0.254 e. The van der Waals surface area contributed by atoms with Gasteiger partial charge >= 0.3 is 0 Å². The Morgan fingerprint density at radius 1 is 0.886 bits per heavy atom. The third-order valence-corrected chi connectivity index (χ3v) is 12.4. The molecular formula is C33H32BrCl2N3O5. The van der Waals surface area contributed by atoms with E-state index >= 15 is 0 Å². The second kappa shape index (κ2) is 11.0. The molecular weight excluding hydrogens is 669 g/mol. The third kappa shape index (κ3) is 4.18. The van der Waals surface area contributed by atoms with Gasteiger partial charge < -0.3 is 5.11 Å². The molecule has 7 rings (SSSR count). The van der Waals surface area contributed by atoms with Crippen LogP contribution in [0.3, 0.4) is 0 Å². The maximum atomic E-state index is 14.3. The number of likely N-dealkylation sites (tertiary alicyclic amines) is 3. The number of fused-ring (bicyclic) bond motifs is 4. The van der Waals surface area contributed by atoms with Crippen LogP contribution in [0.2, 0.25) is 0 Å². The standard InChI is InChI=1S/C33H32BrCl2N3O5/c34-18-38-30(43)32(35)16-24-21(27(33(32,36)31(38)44)22-8-4-5-9-25(22)40)10-11-23-26(24)29(42)39(28(23)41)20-12-14-37(15-13-20)17-19-6-2-1-3-7-19/h1-10,20,23-24,26-27,40H,11-18H2/t23-,24+,26-,27+,32+,33-/m0/s1. The Labute approximate surface area is 274 Å². The molecule has 4 amide bonds. The average Bonchev–Trinajstić information content (AvgIpc) is 3.36. The number of rotatable bonds is 5. The summed E-state index contributed by atoms with van der Waals surface area (Å²) in [5.74, 6) is -4.68. The molecule has 11 heteroatoms. The van der Waals surface area contributed by atoms with E-state index in [9.17, 15) is 24.3 Å². The predicted molar refractivity (Wildman–Crippen MR) is 168 cm³/mol. The Morgan fingerprint density at radius 2 is 1.57 bits per heavy atom. The van der Waals surface area contributed by atoms with E-state index < -0.39 is 45.2 Å². The zero-order valence-electron chi connectivity index (χ0n) is 23.9. The zero-order chi connectivity index (χ0) is 31.0. The van der Waals surface area contributed by atoms with Crippen LogP contribution in [0.1, 0.15) is 42.7 Å². The molecule has 230 valence electrons. The van der Waals surface area contributed by atoms with Crippen molar-refractivity contribution in [2.45, 2.75) is 53.9 Å². The fourth-order valence-corrected chi connectivity index (χ4v) is 9.81. The summed E-state index contributed by atoms with van der Waals surface area (Å²) >= 11 is 17.7. The molecule has 2 aromatic rings. The molecule has 1 N–H and O–H groups in total. The molecule has 1 saturated carbocycles. The highest BCUT2D eigenvalue weighted by atomic mass is 79.9. The molecule has 0 spiro atoms. The monoisotopic (exact) mass is 699 g/mol. The number of imide groups is 2. The number of piperidine rings is 1. The molecule has 44 heavy (non-hydrogen) atoms.